The van der Waals surface area contributed by atoms with Crippen LogP contribution in [0, 0.1) is 6.92 Å². The van der Waals surface area contributed by atoms with Crippen molar-refractivity contribution in [3.63, 3.8) is 0 Å². The van der Waals surface area contributed by atoms with Gasteiger partial charge in [-0.2, -0.15) is 0 Å². The van der Waals surface area contributed by atoms with E-state index in [-0.39, 0.29) is 39.8 Å². The lowest BCUT2D eigenvalue weighted by Crippen LogP contribution is -2.16. The van der Waals surface area contributed by atoms with Gasteiger partial charge in [-0.15, -0.1) is 21.5 Å². The molecule has 11 heteroatoms. The highest BCUT2D eigenvalue weighted by molar-refractivity contribution is 7.99. The van der Waals surface area contributed by atoms with Crippen LogP contribution in [0.2, 0.25) is 0 Å². The van der Waals surface area contributed by atoms with E-state index in [2.05, 4.69) is 15.5 Å². The summed E-state index contributed by atoms with van der Waals surface area (Å²) in [6.45, 7) is 7.31. The van der Waals surface area contributed by atoms with Crippen LogP contribution in [0.3, 0.4) is 0 Å². The first-order chi connectivity index (χ1) is 15.8. The highest BCUT2D eigenvalue weighted by Gasteiger charge is 2.25. The second kappa shape index (κ2) is 11.1. The quantitative estimate of drug-likeness (QED) is 0.247. The van der Waals surface area contributed by atoms with Crippen LogP contribution in [-0.2, 0) is 9.53 Å². The minimum atomic E-state index is -0.587. The van der Waals surface area contributed by atoms with Crippen molar-refractivity contribution in [1.82, 2.24) is 10.2 Å². The topological polar surface area (TPSA) is 121 Å². The number of para-hydroxylation sites is 1. The molecule has 3 rings (SSSR count). The van der Waals surface area contributed by atoms with Crippen molar-refractivity contribution in [2.24, 2.45) is 0 Å². The van der Waals surface area contributed by atoms with E-state index < -0.39 is 11.9 Å². The molecule has 0 unspecified atom stereocenters. The van der Waals surface area contributed by atoms with Crippen molar-refractivity contribution >= 4 is 45.8 Å². The smallest absolute Gasteiger partial charge is 0.341 e. The normalized spacial score (nSPS) is 10.7. The first kappa shape index (κ1) is 24.5. The van der Waals surface area contributed by atoms with Gasteiger partial charge in [-0.3, -0.25) is 9.59 Å². The highest BCUT2D eigenvalue weighted by Crippen LogP contribution is 2.35. The van der Waals surface area contributed by atoms with E-state index in [1.54, 1.807) is 13.8 Å². The fourth-order valence-electron chi connectivity index (χ4n) is 2.98. The third-order valence-corrected chi connectivity index (χ3v) is 6.48. The Hall–Kier alpha value is -3.18. The van der Waals surface area contributed by atoms with Crippen LogP contribution in [0.5, 0.6) is 5.75 Å². The van der Waals surface area contributed by atoms with Gasteiger partial charge in [0.25, 0.3) is 11.1 Å². The molecule has 0 aliphatic rings. The Kier molecular flexibility index (Phi) is 8.23. The molecule has 0 saturated carbocycles. The number of anilines is 1. The first-order valence-corrected chi connectivity index (χ1v) is 12.0. The molecule has 174 valence electrons. The van der Waals surface area contributed by atoms with Gasteiger partial charge in [-0.25, -0.2) is 4.79 Å². The summed E-state index contributed by atoms with van der Waals surface area (Å²) >= 11 is 2.10. The summed E-state index contributed by atoms with van der Waals surface area (Å²) in [5.41, 5.74) is 1.34. The number of rotatable bonds is 10. The summed E-state index contributed by atoms with van der Waals surface area (Å²) in [6.07, 6.45) is 0. The Morgan fingerprint density at radius 1 is 1.15 bits per heavy atom. The number of thiophene rings is 1. The number of aromatic nitrogens is 2. The molecule has 1 amide bonds. The van der Waals surface area contributed by atoms with Gasteiger partial charge >= 0.3 is 5.97 Å². The van der Waals surface area contributed by atoms with Gasteiger partial charge in [0, 0.05) is 0 Å². The number of carbonyl (C=O) groups is 3. The molecule has 0 bridgehead atoms. The van der Waals surface area contributed by atoms with E-state index in [1.807, 2.05) is 31.2 Å². The number of ether oxygens (including phenoxy) is 2. The molecule has 0 fully saturated rings. The molecule has 3 aromatic rings. The molecule has 0 atom stereocenters. The van der Waals surface area contributed by atoms with Gasteiger partial charge in [0.1, 0.15) is 10.8 Å². The fourth-order valence-corrected chi connectivity index (χ4v) is 4.65. The maximum Gasteiger partial charge on any atom is 0.341 e. The third kappa shape index (κ3) is 5.79. The van der Waals surface area contributed by atoms with Crippen molar-refractivity contribution in [2.75, 3.05) is 24.3 Å². The van der Waals surface area contributed by atoms with Crippen LogP contribution in [0.1, 0.15) is 46.4 Å². The molecule has 9 nitrogen and oxygen atoms in total. The zero-order valence-electron chi connectivity index (χ0n) is 18.6. The fraction of sp³-hybridized carbons (Fsp3) is 0.318. The van der Waals surface area contributed by atoms with Crippen LogP contribution < -0.4 is 10.1 Å². The number of nitrogens with one attached hydrogen (secondary N) is 1. The summed E-state index contributed by atoms with van der Waals surface area (Å²) in [5, 5.41) is 11.2. The maximum absolute atomic E-state index is 12.6. The molecular weight excluding hydrogens is 466 g/mol. The molecule has 0 spiro atoms. The van der Waals surface area contributed by atoms with Crippen LogP contribution in [0.4, 0.5) is 5.00 Å². The largest absolute Gasteiger partial charge is 0.493 e. The summed E-state index contributed by atoms with van der Waals surface area (Å²) < 4.78 is 16.3. The number of Topliss-reactive ketones (excluding diaryl/α,β-unsaturated/α-hetero) is 1. The molecule has 1 aromatic carbocycles. The van der Waals surface area contributed by atoms with Crippen LogP contribution in [0.25, 0.3) is 11.5 Å². The molecule has 0 radical (unpaired) electrons. The molecule has 33 heavy (non-hydrogen) atoms. The maximum atomic E-state index is 12.6. The minimum Gasteiger partial charge on any atom is -0.493 e. The minimum absolute atomic E-state index is 0.0383. The van der Waals surface area contributed by atoms with E-state index >= 15 is 0 Å². The van der Waals surface area contributed by atoms with Gasteiger partial charge in [0.2, 0.25) is 5.91 Å². The van der Waals surface area contributed by atoms with Gasteiger partial charge in [0.05, 0.1) is 35.0 Å². The van der Waals surface area contributed by atoms with Gasteiger partial charge < -0.3 is 19.2 Å². The standard InChI is InChI=1S/C22H23N3O6S2/c1-5-29-15-10-8-7-9-14(15)19-24-25-22(31-19)32-11-16(27)23-20-17(21(28)30-6-2)12(3)18(33-20)13(4)26/h7-10H,5-6,11H2,1-4H3,(H,23,27). The summed E-state index contributed by atoms with van der Waals surface area (Å²) in [6, 6.07) is 7.30. The highest BCUT2D eigenvalue weighted by atomic mass is 32.2. The summed E-state index contributed by atoms with van der Waals surface area (Å²) in [5.74, 6) is -0.301. The Bertz CT molecular complexity index is 1170. The van der Waals surface area contributed by atoms with Gasteiger partial charge in [-0.05, 0) is 45.4 Å². The van der Waals surface area contributed by atoms with Crippen molar-refractivity contribution in [3.8, 4) is 17.2 Å². The molecular formula is C22H23N3O6S2. The third-order valence-electron chi connectivity index (χ3n) is 4.35. The number of carbonyl (C=O) groups excluding carboxylic acids is 3. The lowest BCUT2D eigenvalue weighted by Gasteiger charge is -2.06. The van der Waals surface area contributed by atoms with Gasteiger partial charge in [-0.1, -0.05) is 23.9 Å². The number of thioether (sulfide) groups is 1. The molecule has 0 aliphatic carbocycles. The monoisotopic (exact) mass is 489 g/mol. The number of esters is 1. The van der Waals surface area contributed by atoms with E-state index in [0.717, 1.165) is 23.1 Å². The number of ketones is 1. The number of amides is 1. The molecule has 2 aromatic heterocycles. The first-order valence-electron chi connectivity index (χ1n) is 10.1. The Morgan fingerprint density at radius 2 is 1.91 bits per heavy atom. The SMILES string of the molecule is CCOC(=O)c1c(NC(=O)CSc2nnc(-c3ccccc3OCC)o2)sc(C(C)=O)c1C. The van der Waals surface area contributed by atoms with E-state index in [9.17, 15) is 14.4 Å². The van der Waals surface area contributed by atoms with Gasteiger partial charge in [0.15, 0.2) is 5.78 Å². The lowest BCUT2D eigenvalue weighted by molar-refractivity contribution is -0.113. The number of benzene rings is 1. The molecule has 1 N–H and O–H groups in total. The average Bonchev–Trinajstić information content (AvgIpc) is 3.37. The molecule has 2 heterocycles. The van der Waals surface area contributed by atoms with Crippen LogP contribution >= 0.6 is 23.1 Å². The molecule has 0 aliphatic heterocycles. The summed E-state index contributed by atoms with van der Waals surface area (Å²) in [7, 11) is 0. The number of hydrogen-bond donors (Lipinski definition) is 1. The zero-order valence-corrected chi connectivity index (χ0v) is 20.2. The predicted molar refractivity (Wildman–Crippen MR) is 125 cm³/mol. The van der Waals surface area contributed by atoms with E-state index in [1.165, 1.54) is 6.92 Å². The number of hydrogen-bond acceptors (Lipinski definition) is 10. The van der Waals surface area contributed by atoms with Crippen LogP contribution in [-0.4, -0.2) is 46.8 Å². The van der Waals surface area contributed by atoms with E-state index in [4.69, 9.17) is 13.9 Å². The Morgan fingerprint density at radius 3 is 2.61 bits per heavy atom. The predicted octanol–water partition coefficient (Wildman–Crippen LogP) is 4.62. The molecule has 0 saturated heterocycles. The second-order valence-corrected chi connectivity index (χ2v) is 8.62. The number of nitrogens with zero attached hydrogens (tertiary/aromatic N) is 2. The van der Waals surface area contributed by atoms with Crippen molar-refractivity contribution in [2.45, 2.75) is 32.9 Å². The Balaban J connectivity index is 1.70. The van der Waals surface area contributed by atoms with E-state index in [0.29, 0.717) is 28.4 Å². The Labute approximate surface area is 198 Å². The van der Waals surface area contributed by atoms with Crippen LogP contribution in [0.15, 0.2) is 33.9 Å². The zero-order chi connectivity index (χ0) is 24.0. The summed E-state index contributed by atoms with van der Waals surface area (Å²) in [4.78, 5) is 37.2. The second-order valence-electron chi connectivity index (χ2n) is 6.68. The van der Waals surface area contributed by atoms with Crippen molar-refractivity contribution < 1.29 is 28.3 Å². The average molecular weight is 490 g/mol. The van der Waals surface area contributed by atoms with Crippen molar-refractivity contribution in [1.29, 1.82) is 0 Å². The van der Waals surface area contributed by atoms with Crippen molar-refractivity contribution in [3.05, 3.63) is 40.3 Å². The lowest BCUT2D eigenvalue weighted by atomic mass is 10.1.